The maximum absolute atomic E-state index is 12.1. The van der Waals surface area contributed by atoms with Gasteiger partial charge in [-0.2, -0.15) is 13.2 Å². The number of hydrogen-bond acceptors (Lipinski definition) is 1. The zero-order chi connectivity index (χ0) is 12.5. The lowest BCUT2D eigenvalue weighted by molar-refractivity contribution is -0.138. The Bertz CT molecular complexity index is 398. The molecule has 0 bridgehead atoms. The van der Waals surface area contributed by atoms with Gasteiger partial charge in [0.05, 0.1) is 6.42 Å². The third kappa shape index (κ3) is 3.46. The minimum Gasteiger partial charge on any atom is -0.298 e. The Labute approximate surface area is 99.2 Å². The van der Waals surface area contributed by atoms with Crippen LogP contribution < -0.4 is 0 Å². The van der Waals surface area contributed by atoms with Crippen LogP contribution in [0.15, 0.2) is 18.2 Å². The van der Waals surface area contributed by atoms with Crippen LogP contribution >= 0.6 is 0 Å². The van der Waals surface area contributed by atoms with Gasteiger partial charge in [-0.15, -0.1) is 0 Å². The number of rotatable bonds is 2. The van der Waals surface area contributed by atoms with Crippen LogP contribution in [0.3, 0.4) is 0 Å². The van der Waals surface area contributed by atoms with Crippen molar-refractivity contribution in [1.82, 2.24) is 4.90 Å². The van der Waals surface area contributed by atoms with E-state index in [0.717, 1.165) is 13.0 Å². The first kappa shape index (κ1) is 12.4. The van der Waals surface area contributed by atoms with Gasteiger partial charge < -0.3 is 0 Å². The molecule has 17 heavy (non-hydrogen) atoms. The minimum absolute atomic E-state index is 0.108. The van der Waals surface area contributed by atoms with E-state index in [1.165, 1.54) is 16.7 Å². The monoisotopic (exact) mass is 243 g/mol. The maximum atomic E-state index is 12.1. The molecule has 1 nitrogen and oxygen atoms in total. The Kier molecular flexibility index (Phi) is 3.43. The highest BCUT2D eigenvalue weighted by molar-refractivity contribution is 5.33. The average Bonchev–Trinajstić information content (AvgIpc) is 2.24. The summed E-state index contributed by atoms with van der Waals surface area (Å²) in [7, 11) is 0. The highest BCUT2D eigenvalue weighted by atomic mass is 19.4. The lowest BCUT2D eigenvalue weighted by atomic mass is 9.98. The molecule has 1 aliphatic rings. The number of fused-ring (bicyclic) bond motifs is 1. The van der Waals surface area contributed by atoms with Gasteiger partial charge >= 0.3 is 6.18 Å². The molecule has 0 amide bonds. The van der Waals surface area contributed by atoms with Crippen molar-refractivity contribution in [2.45, 2.75) is 32.5 Å². The number of halogens is 3. The standard InChI is InChI=1S/C13H16F3N/c1-10-2-3-11-4-6-17(9-12(11)8-10)7-5-13(14,15)16/h2-3,8H,4-7,9H2,1H3. The van der Waals surface area contributed by atoms with Gasteiger partial charge in [-0.1, -0.05) is 23.8 Å². The largest absolute Gasteiger partial charge is 0.390 e. The van der Waals surface area contributed by atoms with Crippen molar-refractivity contribution >= 4 is 0 Å². The molecule has 1 aromatic carbocycles. The molecule has 0 spiro atoms. The van der Waals surface area contributed by atoms with Crippen LogP contribution in [-0.2, 0) is 13.0 Å². The molecule has 1 aromatic rings. The molecular weight excluding hydrogens is 227 g/mol. The molecule has 0 radical (unpaired) electrons. The van der Waals surface area contributed by atoms with Crippen molar-refractivity contribution in [3.8, 4) is 0 Å². The number of hydrogen-bond donors (Lipinski definition) is 0. The van der Waals surface area contributed by atoms with E-state index in [9.17, 15) is 13.2 Å². The van der Waals surface area contributed by atoms with Gasteiger partial charge in [0.2, 0.25) is 0 Å². The van der Waals surface area contributed by atoms with Crippen LogP contribution in [0.5, 0.6) is 0 Å². The Morgan fingerprint density at radius 2 is 2.00 bits per heavy atom. The second kappa shape index (κ2) is 4.69. The van der Waals surface area contributed by atoms with Crippen LogP contribution in [0, 0.1) is 6.92 Å². The van der Waals surface area contributed by atoms with E-state index in [-0.39, 0.29) is 6.54 Å². The third-order valence-corrected chi connectivity index (χ3v) is 3.16. The van der Waals surface area contributed by atoms with Crippen molar-refractivity contribution in [3.63, 3.8) is 0 Å². The molecule has 1 heterocycles. The first-order chi connectivity index (χ1) is 7.94. The summed E-state index contributed by atoms with van der Waals surface area (Å²) in [6.45, 7) is 3.49. The fourth-order valence-electron chi connectivity index (χ4n) is 2.22. The summed E-state index contributed by atoms with van der Waals surface area (Å²) >= 11 is 0. The fourth-order valence-corrected chi connectivity index (χ4v) is 2.22. The van der Waals surface area contributed by atoms with E-state index in [1.807, 2.05) is 11.8 Å². The summed E-state index contributed by atoms with van der Waals surface area (Å²) in [6.07, 6.45) is -3.91. The normalized spacial score (nSPS) is 16.9. The van der Waals surface area contributed by atoms with Crippen LogP contribution in [0.25, 0.3) is 0 Å². The van der Waals surface area contributed by atoms with Crippen LogP contribution in [0.4, 0.5) is 13.2 Å². The summed E-state index contributed by atoms with van der Waals surface area (Å²) in [4.78, 5) is 1.88. The van der Waals surface area contributed by atoms with Gasteiger partial charge in [0.15, 0.2) is 0 Å². The Balaban J connectivity index is 1.98. The Morgan fingerprint density at radius 1 is 1.24 bits per heavy atom. The predicted octanol–water partition coefficient (Wildman–Crippen LogP) is 3.31. The second-order valence-corrected chi connectivity index (χ2v) is 4.66. The molecule has 0 saturated heterocycles. The smallest absolute Gasteiger partial charge is 0.298 e. The zero-order valence-electron chi connectivity index (χ0n) is 9.85. The third-order valence-electron chi connectivity index (χ3n) is 3.16. The average molecular weight is 243 g/mol. The van der Waals surface area contributed by atoms with Crippen LogP contribution in [-0.4, -0.2) is 24.2 Å². The van der Waals surface area contributed by atoms with Gasteiger partial charge in [-0.3, -0.25) is 4.90 Å². The summed E-state index contributed by atoms with van der Waals surface area (Å²) in [5.74, 6) is 0. The first-order valence-corrected chi connectivity index (χ1v) is 5.81. The predicted molar refractivity (Wildman–Crippen MR) is 60.8 cm³/mol. The molecule has 0 aromatic heterocycles. The molecule has 0 aliphatic carbocycles. The fraction of sp³-hybridized carbons (Fsp3) is 0.538. The summed E-state index contributed by atoms with van der Waals surface area (Å²) in [5, 5.41) is 0. The molecule has 1 aliphatic heterocycles. The Hall–Kier alpha value is -1.03. The lowest BCUT2D eigenvalue weighted by Crippen LogP contribution is -2.33. The van der Waals surface area contributed by atoms with Gasteiger partial charge in [0, 0.05) is 19.6 Å². The molecule has 0 atom stereocenters. The molecule has 4 heteroatoms. The van der Waals surface area contributed by atoms with Gasteiger partial charge in [0.25, 0.3) is 0 Å². The number of benzene rings is 1. The second-order valence-electron chi connectivity index (χ2n) is 4.66. The topological polar surface area (TPSA) is 3.24 Å². The van der Waals surface area contributed by atoms with Crippen molar-refractivity contribution < 1.29 is 13.2 Å². The van der Waals surface area contributed by atoms with E-state index in [0.29, 0.717) is 6.54 Å². The summed E-state index contributed by atoms with van der Waals surface area (Å²) < 4.78 is 36.4. The molecule has 94 valence electrons. The highest BCUT2D eigenvalue weighted by Crippen LogP contribution is 2.24. The van der Waals surface area contributed by atoms with Crippen molar-refractivity contribution in [2.75, 3.05) is 13.1 Å². The van der Waals surface area contributed by atoms with Crippen LogP contribution in [0.2, 0.25) is 0 Å². The molecule has 0 unspecified atom stereocenters. The van der Waals surface area contributed by atoms with Crippen molar-refractivity contribution in [2.24, 2.45) is 0 Å². The first-order valence-electron chi connectivity index (χ1n) is 5.81. The SMILES string of the molecule is Cc1ccc2c(c1)CN(CCC(F)(F)F)CC2. The number of aryl methyl sites for hydroxylation is 1. The Morgan fingerprint density at radius 3 is 2.71 bits per heavy atom. The van der Waals surface area contributed by atoms with Crippen molar-refractivity contribution in [1.29, 1.82) is 0 Å². The maximum Gasteiger partial charge on any atom is 0.390 e. The quantitative estimate of drug-likeness (QED) is 0.770. The molecule has 0 fully saturated rings. The zero-order valence-corrected chi connectivity index (χ0v) is 9.85. The minimum atomic E-state index is -4.05. The summed E-state index contributed by atoms with van der Waals surface area (Å²) in [6, 6.07) is 6.23. The summed E-state index contributed by atoms with van der Waals surface area (Å²) in [5.41, 5.74) is 3.62. The van der Waals surface area contributed by atoms with E-state index in [1.54, 1.807) is 0 Å². The number of alkyl halides is 3. The van der Waals surface area contributed by atoms with E-state index >= 15 is 0 Å². The molecule has 0 saturated carbocycles. The van der Waals surface area contributed by atoms with Gasteiger partial charge in [-0.05, 0) is 24.5 Å². The van der Waals surface area contributed by atoms with E-state index in [4.69, 9.17) is 0 Å². The molecule has 0 N–H and O–H groups in total. The number of nitrogens with zero attached hydrogens (tertiary/aromatic N) is 1. The lowest BCUT2D eigenvalue weighted by Gasteiger charge is -2.29. The van der Waals surface area contributed by atoms with E-state index in [2.05, 4.69) is 18.2 Å². The molecule has 2 rings (SSSR count). The molecular formula is C13H16F3N. The highest BCUT2D eigenvalue weighted by Gasteiger charge is 2.28. The van der Waals surface area contributed by atoms with Crippen LogP contribution in [0.1, 0.15) is 23.1 Å². The van der Waals surface area contributed by atoms with Crippen molar-refractivity contribution in [3.05, 3.63) is 34.9 Å². The van der Waals surface area contributed by atoms with E-state index < -0.39 is 12.6 Å². The van der Waals surface area contributed by atoms with Gasteiger partial charge in [0.1, 0.15) is 0 Å². The van der Waals surface area contributed by atoms with Gasteiger partial charge in [-0.25, -0.2) is 0 Å².